The smallest absolute Gasteiger partial charge is 0.0775 e. The van der Waals surface area contributed by atoms with Crippen LogP contribution < -0.4 is 5.19 Å². The van der Waals surface area contributed by atoms with Crippen LogP contribution in [0.15, 0.2) is 24.3 Å². The van der Waals surface area contributed by atoms with E-state index in [0.717, 1.165) is 18.4 Å². The number of hydrogen-bond acceptors (Lipinski definition) is 1. The molecular weight excluding hydrogens is 258 g/mol. The van der Waals surface area contributed by atoms with Gasteiger partial charge < -0.3 is 0 Å². The van der Waals surface area contributed by atoms with Gasteiger partial charge in [0.05, 0.1) is 8.07 Å². The van der Waals surface area contributed by atoms with Gasteiger partial charge in [0.25, 0.3) is 0 Å². The van der Waals surface area contributed by atoms with Gasteiger partial charge in [-0.15, -0.1) is 0 Å². The van der Waals surface area contributed by atoms with Gasteiger partial charge in [-0.05, 0) is 30.7 Å². The summed E-state index contributed by atoms with van der Waals surface area (Å²) in [6.07, 6.45) is 1.38. The first-order chi connectivity index (χ1) is 9.27. The summed E-state index contributed by atoms with van der Waals surface area (Å²) in [6, 6.07) is 10.1. The molecule has 0 radical (unpaired) electrons. The highest BCUT2D eigenvalue weighted by Crippen LogP contribution is 2.28. The van der Waals surface area contributed by atoms with Crippen LogP contribution in [0.3, 0.4) is 0 Å². The molecule has 2 heteroatoms. The highest BCUT2D eigenvalue weighted by Gasteiger charge is 2.28. The molecule has 1 heterocycles. The van der Waals surface area contributed by atoms with E-state index < -0.39 is 8.07 Å². The summed E-state index contributed by atoms with van der Waals surface area (Å²) in [6.45, 7) is 16.8. The maximum absolute atomic E-state index is 2.67. The van der Waals surface area contributed by atoms with Crippen molar-refractivity contribution in [3.05, 3.63) is 29.8 Å². The first-order valence-electron chi connectivity index (χ1n) is 8.11. The van der Waals surface area contributed by atoms with Gasteiger partial charge in [-0.1, -0.05) is 62.9 Å². The summed E-state index contributed by atoms with van der Waals surface area (Å²) in [4.78, 5) is 2.67. The normalized spacial score (nSPS) is 28.6. The monoisotopic (exact) mass is 289 g/mol. The van der Waals surface area contributed by atoms with Gasteiger partial charge in [-0.25, -0.2) is 0 Å². The lowest BCUT2D eigenvalue weighted by molar-refractivity contribution is 0.0730. The molecule has 0 amide bonds. The second-order valence-electron chi connectivity index (χ2n) is 7.94. The zero-order valence-electron chi connectivity index (χ0n) is 14.1. The maximum Gasteiger partial charge on any atom is 0.0775 e. The number of rotatable bonds is 3. The van der Waals surface area contributed by atoms with Gasteiger partial charge in [0.1, 0.15) is 0 Å². The molecule has 1 aliphatic heterocycles. The predicted molar refractivity (Wildman–Crippen MR) is 92.2 cm³/mol. The molecule has 1 nitrogen and oxygen atoms in total. The quantitative estimate of drug-likeness (QED) is 0.757. The first kappa shape index (κ1) is 15.8. The molecule has 3 unspecified atom stereocenters. The van der Waals surface area contributed by atoms with Crippen molar-refractivity contribution in [1.29, 1.82) is 0 Å². The van der Waals surface area contributed by atoms with E-state index in [9.17, 15) is 0 Å². The Morgan fingerprint density at radius 3 is 2.20 bits per heavy atom. The molecule has 3 atom stereocenters. The highest BCUT2D eigenvalue weighted by atomic mass is 28.3. The van der Waals surface area contributed by atoms with Crippen LogP contribution in [0.2, 0.25) is 19.6 Å². The van der Waals surface area contributed by atoms with E-state index in [0.29, 0.717) is 6.04 Å². The second-order valence-corrected chi connectivity index (χ2v) is 13.0. The molecule has 1 aromatic rings. The van der Waals surface area contributed by atoms with Crippen molar-refractivity contribution in [1.82, 2.24) is 4.90 Å². The number of nitrogens with zero attached hydrogens (tertiary/aromatic N) is 1. The molecule has 112 valence electrons. The zero-order chi connectivity index (χ0) is 14.9. The van der Waals surface area contributed by atoms with E-state index in [2.05, 4.69) is 69.6 Å². The molecule has 0 aromatic heterocycles. The summed E-state index contributed by atoms with van der Waals surface area (Å²) < 4.78 is 0. The van der Waals surface area contributed by atoms with Crippen LogP contribution in [0.4, 0.5) is 0 Å². The lowest BCUT2D eigenvalue weighted by atomic mass is 9.86. The van der Waals surface area contributed by atoms with Crippen LogP contribution in [0.5, 0.6) is 0 Å². The summed E-state index contributed by atoms with van der Waals surface area (Å²) in [5.41, 5.74) is 1.47. The Morgan fingerprint density at radius 1 is 1.05 bits per heavy atom. The minimum atomic E-state index is -1.16. The van der Waals surface area contributed by atoms with Crippen molar-refractivity contribution in [2.75, 3.05) is 6.54 Å². The molecular formula is C18H31NSi. The van der Waals surface area contributed by atoms with Gasteiger partial charge in [0.15, 0.2) is 0 Å². The van der Waals surface area contributed by atoms with Gasteiger partial charge in [0.2, 0.25) is 0 Å². The standard InChI is InChI=1S/C18H31NSi/c1-14-11-15(2)16(3)19(12-14)13-17-7-9-18(10-8-17)20(4,5)6/h7-10,14-16H,11-13H2,1-6H3. The fourth-order valence-electron chi connectivity index (χ4n) is 3.39. The van der Waals surface area contributed by atoms with Gasteiger partial charge in [0, 0.05) is 19.1 Å². The zero-order valence-corrected chi connectivity index (χ0v) is 15.1. The molecule has 1 aromatic carbocycles. The minimum absolute atomic E-state index is 0.711. The van der Waals surface area contributed by atoms with E-state index in [4.69, 9.17) is 0 Å². The molecule has 20 heavy (non-hydrogen) atoms. The van der Waals surface area contributed by atoms with Crippen molar-refractivity contribution in [3.8, 4) is 0 Å². The minimum Gasteiger partial charge on any atom is -0.296 e. The maximum atomic E-state index is 2.67. The van der Waals surface area contributed by atoms with Crippen LogP contribution >= 0.6 is 0 Å². The van der Waals surface area contributed by atoms with Crippen molar-refractivity contribution in [3.63, 3.8) is 0 Å². The SMILES string of the molecule is CC1CC(C)C(C)N(Cc2ccc([Si](C)(C)C)cc2)C1. The largest absolute Gasteiger partial charge is 0.296 e. The van der Waals surface area contributed by atoms with Crippen LogP contribution in [-0.4, -0.2) is 25.6 Å². The summed E-state index contributed by atoms with van der Waals surface area (Å²) in [5, 5.41) is 1.56. The number of piperidine rings is 1. The molecule has 0 saturated carbocycles. The number of hydrogen-bond donors (Lipinski definition) is 0. The van der Waals surface area contributed by atoms with E-state index in [-0.39, 0.29) is 0 Å². The first-order valence-corrected chi connectivity index (χ1v) is 11.6. The third-order valence-electron chi connectivity index (χ3n) is 4.93. The molecule has 1 saturated heterocycles. The predicted octanol–water partition coefficient (Wildman–Crippen LogP) is 4.10. The topological polar surface area (TPSA) is 3.24 Å². The highest BCUT2D eigenvalue weighted by molar-refractivity contribution is 6.88. The Bertz CT molecular complexity index is 432. The number of benzene rings is 1. The molecule has 2 rings (SSSR count). The van der Waals surface area contributed by atoms with E-state index in [1.165, 1.54) is 18.5 Å². The lowest BCUT2D eigenvalue weighted by Crippen LogP contribution is -2.45. The van der Waals surface area contributed by atoms with E-state index in [1.54, 1.807) is 5.19 Å². The van der Waals surface area contributed by atoms with Crippen LogP contribution in [-0.2, 0) is 6.54 Å². The molecule has 0 bridgehead atoms. The Hall–Kier alpha value is -0.603. The second kappa shape index (κ2) is 6.03. The lowest BCUT2D eigenvalue weighted by Gasteiger charge is -2.41. The van der Waals surface area contributed by atoms with Crippen LogP contribution in [0, 0.1) is 11.8 Å². The van der Waals surface area contributed by atoms with E-state index >= 15 is 0 Å². The molecule has 0 spiro atoms. The van der Waals surface area contributed by atoms with Crippen molar-refractivity contribution in [2.24, 2.45) is 11.8 Å². The Kier molecular flexibility index (Phi) is 4.75. The van der Waals surface area contributed by atoms with Crippen LogP contribution in [0.25, 0.3) is 0 Å². The average Bonchev–Trinajstić information content (AvgIpc) is 2.35. The van der Waals surface area contributed by atoms with Crippen molar-refractivity contribution >= 4 is 13.3 Å². The summed E-state index contributed by atoms with van der Waals surface area (Å²) >= 11 is 0. The molecule has 0 N–H and O–H groups in total. The Morgan fingerprint density at radius 2 is 1.65 bits per heavy atom. The fourth-order valence-corrected chi connectivity index (χ4v) is 4.55. The van der Waals surface area contributed by atoms with Crippen molar-refractivity contribution in [2.45, 2.75) is 59.4 Å². The average molecular weight is 290 g/mol. The van der Waals surface area contributed by atoms with Gasteiger partial charge in [-0.2, -0.15) is 0 Å². The van der Waals surface area contributed by atoms with Crippen LogP contribution in [0.1, 0.15) is 32.8 Å². The summed E-state index contributed by atoms with van der Waals surface area (Å²) in [5.74, 6) is 1.66. The molecule has 1 aliphatic rings. The third-order valence-corrected chi connectivity index (χ3v) is 6.99. The van der Waals surface area contributed by atoms with Crippen molar-refractivity contribution < 1.29 is 0 Å². The number of likely N-dealkylation sites (tertiary alicyclic amines) is 1. The van der Waals surface area contributed by atoms with Gasteiger partial charge >= 0.3 is 0 Å². The molecule has 1 fully saturated rings. The molecule has 0 aliphatic carbocycles. The van der Waals surface area contributed by atoms with E-state index in [1.807, 2.05) is 0 Å². The third kappa shape index (κ3) is 3.73. The Labute approximate surface area is 126 Å². The Balaban J connectivity index is 2.06. The fraction of sp³-hybridized carbons (Fsp3) is 0.667. The summed E-state index contributed by atoms with van der Waals surface area (Å²) in [7, 11) is -1.16. The van der Waals surface area contributed by atoms with Gasteiger partial charge in [-0.3, -0.25) is 4.90 Å².